The Balaban J connectivity index is 2.20. The fourth-order valence-electron chi connectivity index (χ4n) is 1.51. The molecule has 1 aliphatic carbocycles. The van der Waals surface area contributed by atoms with E-state index in [1.54, 1.807) is 0 Å². The molecular weight excluding hydrogens is 222 g/mol. The van der Waals surface area contributed by atoms with E-state index < -0.39 is 10.0 Å². The van der Waals surface area contributed by atoms with Gasteiger partial charge in [-0.1, -0.05) is 11.6 Å². The lowest BCUT2D eigenvalue weighted by molar-refractivity contribution is 0.582. The average molecular weight is 238 g/mol. The normalized spacial score (nSPS) is 17.1. The Bertz CT molecular complexity index is 298. The summed E-state index contributed by atoms with van der Waals surface area (Å²) in [5, 5.41) is 0. The summed E-state index contributed by atoms with van der Waals surface area (Å²) in [5.41, 5.74) is 1.37. The summed E-state index contributed by atoms with van der Waals surface area (Å²) in [4.78, 5) is 0. The van der Waals surface area contributed by atoms with Gasteiger partial charge in [-0.2, -0.15) is 0 Å². The molecule has 1 rings (SSSR count). The van der Waals surface area contributed by atoms with Crippen molar-refractivity contribution in [1.29, 1.82) is 0 Å². The van der Waals surface area contributed by atoms with Crippen LogP contribution < -0.4 is 4.72 Å². The Morgan fingerprint density at radius 2 is 2.29 bits per heavy atom. The quantitative estimate of drug-likeness (QED) is 0.564. The molecule has 0 unspecified atom stereocenters. The van der Waals surface area contributed by atoms with Crippen LogP contribution in [0, 0.1) is 0 Å². The lowest BCUT2D eigenvalue weighted by Crippen LogP contribution is -2.28. The molecule has 0 atom stereocenters. The molecule has 82 valence electrons. The van der Waals surface area contributed by atoms with Crippen molar-refractivity contribution in [3.05, 3.63) is 11.6 Å². The number of alkyl halides is 1. The number of rotatable bonds is 6. The molecule has 0 aromatic rings. The van der Waals surface area contributed by atoms with Gasteiger partial charge in [-0.25, -0.2) is 13.1 Å². The molecule has 1 aliphatic rings. The van der Waals surface area contributed by atoms with Gasteiger partial charge in [0.2, 0.25) is 10.0 Å². The largest absolute Gasteiger partial charge is 0.215 e. The van der Waals surface area contributed by atoms with E-state index in [2.05, 4.69) is 10.8 Å². The smallest absolute Gasteiger partial charge is 0.212 e. The van der Waals surface area contributed by atoms with Crippen molar-refractivity contribution in [1.82, 2.24) is 4.72 Å². The molecule has 0 aliphatic heterocycles. The zero-order valence-corrected chi connectivity index (χ0v) is 9.70. The highest BCUT2D eigenvalue weighted by Crippen LogP contribution is 2.19. The van der Waals surface area contributed by atoms with Gasteiger partial charge in [-0.05, 0) is 25.7 Å². The van der Waals surface area contributed by atoms with Crippen LogP contribution in [-0.2, 0) is 10.0 Å². The summed E-state index contributed by atoms with van der Waals surface area (Å²) in [7, 11) is -3.13. The molecule has 0 heterocycles. The first kappa shape index (κ1) is 12.0. The van der Waals surface area contributed by atoms with E-state index in [0.717, 1.165) is 19.3 Å². The van der Waals surface area contributed by atoms with E-state index in [4.69, 9.17) is 11.6 Å². The maximum atomic E-state index is 11.2. The van der Waals surface area contributed by atoms with Gasteiger partial charge in [0.05, 0.1) is 5.75 Å². The van der Waals surface area contributed by atoms with Crippen molar-refractivity contribution in [3.63, 3.8) is 0 Å². The van der Waals surface area contributed by atoms with Gasteiger partial charge < -0.3 is 0 Å². The summed E-state index contributed by atoms with van der Waals surface area (Å²) in [6, 6.07) is 0. The van der Waals surface area contributed by atoms with Crippen LogP contribution in [0.4, 0.5) is 0 Å². The maximum absolute atomic E-state index is 11.2. The van der Waals surface area contributed by atoms with Gasteiger partial charge in [0.15, 0.2) is 0 Å². The third-order valence-corrected chi connectivity index (χ3v) is 4.05. The third kappa shape index (κ3) is 4.44. The van der Waals surface area contributed by atoms with Crippen LogP contribution in [0.1, 0.15) is 25.7 Å². The molecule has 0 bridgehead atoms. The first-order chi connectivity index (χ1) is 6.64. The highest BCUT2D eigenvalue weighted by Gasteiger charge is 2.09. The van der Waals surface area contributed by atoms with Crippen LogP contribution >= 0.6 is 11.6 Å². The second kappa shape index (κ2) is 5.73. The number of halogens is 1. The number of allylic oxidation sites excluding steroid dienone is 1. The van der Waals surface area contributed by atoms with Crippen LogP contribution in [-0.4, -0.2) is 26.6 Å². The van der Waals surface area contributed by atoms with Crippen molar-refractivity contribution in [2.75, 3.05) is 18.2 Å². The fourth-order valence-corrected chi connectivity index (χ4v) is 2.88. The second-order valence-electron chi connectivity index (χ2n) is 3.41. The van der Waals surface area contributed by atoms with Crippen LogP contribution in [0.2, 0.25) is 0 Å². The average Bonchev–Trinajstić information content (AvgIpc) is 2.56. The molecule has 0 saturated carbocycles. The van der Waals surface area contributed by atoms with Crippen LogP contribution in [0.5, 0.6) is 0 Å². The lowest BCUT2D eigenvalue weighted by atomic mass is 10.2. The van der Waals surface area contributed by atoms with Crippen molar-refractivity contribution >= 4 is 21.6 Å². The molecule has 0 radical (unpaired) electrons. The van der Waals surface area contributed by atoms with Crippen LogP contribution in [0.15, 0.2) is 11.6 Å². The predicted octanol–water partition coefficient (Wildman–Crippen LogP) is 1.65. The Morgan fingerprint density at radius 1 is 1.50 bits per heavy atom. The summed E-state index contributed by atoms with van der Waals surface area (Å²) >= 11 is 5.36. The van der Waals surface area contributed by atoms with Gasteiger partial charge >= 0.3 is 0 Å². The number of sulfonamides is 1. The van der Waals surface area contributed by atoms with Crippen molar-refractivity contribution in [3.8, 4) is 0 Å². The molecule has 0 fully saturated rings. The van der Waals surface area contributed by atoms with E-state index in [1.807, 2.05) is 0 Å². The minimum absolute atomic E-state index is 0.00754. The molecule has 0 spiro atoms. The Morgan fingerprint density at radius 3 is 2.86 bits per heavy atom. The number of nitrogens with one attached hydrogen (secondary N) is 1. The Labute approximate surface area is 90.6 Å². The standard InChI is InChI=1S/C9H16ClNO2S/c10-6-8-14(12,13)11-7-5-9-3-1-2-4-9/h3,11H,1-2,4-8H2. The van der Waals surface area contributed by atoms with E-state index >= 15 is 0 Å². The van der Waals surface area contributed by atoms with Crippen molar-refractivity contribution in [2.24, 2.45) is 0 Å². The molecule has 14 heavy (non-hydrogen) atoms. The zero-order chi connectivity index (χ0) is 10.4. The molecule has 1 N–H and O–H groups in total. The van der Waals surface area contributed by atoms with E-state index in [1.165, 1.54) is 12.0 Å². The molecule has 0 saturated heterocycles. The van der Waals surface area contributed by atoms with Gasteiger partial charge in [-0.3, -0.25) is 0 Å². The molecule has 3 nitrogen and oxygen atoms in total. The summed E-state index contributed by atoms with van der Waals surface area (Å²) in [6.45, 7) is 0.505. The molecule has 0 aromatic heterocycles. The Hall–Kier alpha value is -0.0600. The minimum Gasteiger partial charge on any atom is -0.215 e. The van der Waals surface area contributed by atoms with Gasteiger partial charge in [0, 0.05) is 12.4 Å². The highest BCUT2D eigenvalue weighted by molar-refractivity contribution is 7.89. The molecular formula is C9H16ClNO2S. The van der Waals surface area contributed by atoms with Crippen molar-refractivity contribution in [2.45, 2.75) is 25.7 Å². The fraction of sp³-hybridized carbons (Fsp3) is 0.778. The van der Waals surface area contributed by atoms with E-state index in [0.29, 0.717) is 6.54 Å². The first-order valence-corrected chi connectivity index (χ1v) is 7.04. The minimum atomic E-state index is -3.13. The van der Waals surface area contributed by atoms with Gasteiger partial charge in [0.1, 0.15) is 0 Å². The lowest BCUT2D eigenvalue weighted by Gasteiger charge is -2.05. The van der Waals surface area contributed by atoms with Crippen molar-refractivity contribution < 1.29 is 8.42 Å². The SMILES string of the molecule is O=S(=O)(CCCl)NCCC1=CCCC1. The van der Waals surface area contributed by atoms with E-state index in [9.17, 15) is 8.42 Å². The Kier molecular flexibility index (Phi) is 4.92. The summed E-state index contributed by atoms with van der Waals surface area (Å²) in [5.74, 6) is 0.158. The molecule has 0 aromatic carbocycles. The molecule has 0 amide bonds. The van der Waals surface area contributed by atoms with E-state index in [-0.39, 0.29) is 11.6 Å². The maximum Gasteiger partial charge on any atom is 0.212 e. The summed E-state index contributed by atoms with van der Waals surface area (Å²) < 4.78 is 24.9. The number of hydrogen-bond donors (Lipinski definition) is 1. The summed E-state index contributed by atoms with van der Waals surface area (Å²) in [6.07, 6.45) is 6.52. The van der Waals surface area contributed by atoms with Crippen LogP contribution in [0.25, 0.3) is 0 Å². The van der Waals surface area contributed by atoms with Gasteiger partial charge in [-0.15, -0.1) is 11.6 Å². The van der Waals surface area contributed by atoms with Gasteiger partial charge in [0.25, 0.3) is 0 Å². The number of hydrogen-bond acceptors (Lipinski definition) is 2. The highest BCUT2D eigenvalue weighted by atomic mass is 35.5. The first-order valence-electron chi connectivity index (χ1n) is 4.85. The zero-order valence-electron chi connectivity index (χ0n) is 8.13. The predicted molar refractivity (Wildman–Crippen MR) is 59.1 cm³/mol. The topological polar surface area (TPSA) is 46.2 Å². The van der Waals surface area contributed by atoms with Crippen LogP contribution in [0.3, 0.4) is 0 Å². The monoisotopic (exact) mass is 237 g/mol. The third-order valence-electron chi connectivity index (χ3n) is 2.25. The second-order valence-corrected chi connectivity index (χ2v) is 5.71. The molecule has 5 heteroatoms.